The summed E-state index contributed by atoms with van der Waals surface area (Å²) >= 11 is 0. The third-order valence-electron chi connectivity index (χ3n) is 3.52. The number of hydrogen-bond acceptors (Lipinski definition) is 2. The van der Waals surface area contributed by atoms with E-state index in [1.54, 1.807) is 0 Å². The van der Waals surface area contributed by atoms with Crippen LogP contribution in [0.25, 0.3) is 0 Å². The molecule has 0 saturated heterocycles. The molecule has 0 aromatic rings. The zero-order valence-corrected chi connectivity index (χ0v) is 11.9. The van der Waals surface area contributed by atoms with E-state index in [0.717, 1.165) is 12.8 Å². The highest BCUT2D eigenvalue weighted by Gasteiger charge is 2.26. The third-order valence-corrected chi connectivity index (χ3v) is 3.52. The van der Waals surface area contributed by atoms with Crippen LogP contribution in [0.1, 0.15) is 60.3 Å². The van der Waals surface area contributed by atoms with Gasteiger partial charge in [-0.25, -0.2) is 0 Å². The minimum absolute atomic E-state index is 0.161. The minimum Gasteiger partial charge on any atom is -0.369 e. The van der Waals surface area contributed by atoms with E-state index in [9.17, 15) is 9.59 Å². The average molecular weight is 241 g/mol. The highest BCUT2D eigenvalue weighted by atomic mass is 16.1. The molecule has 17 heavy (non-hydrogen) atoms. The maximum atomic E-state index is 12.0. The lowest BCUT2D eigenvalue weighted by molar-refractivity contribution is -0.128. The molecule has 0 heterocycles. The number of Topliss-reactive ketones (excluding diaryl/α,β-unsaturated/α-hetero) is 1. The SMILES string of the molecule is CCC(C)(C)C(=O)CC[C@@H](CC(C)C)C(N)=O. The molecule has 0 rings (SSSR count). The van der Waals surface area contributed by atoms with Crippen LogP contribution in [0.5, 0.6) is 0 Å². The first-order chi connectivity index (χ1) is 7.70. The van der Waals surface area contributed by atoms with Crippen LogP contribution in [0.3, 0.4) is 0 Å². The van der Waals surface area contributed by atoms with Gasteiger partial charge in [0.1, 0.15) is 5.78 Å². The topological polar surface area (TPSA) is 60.2 Å². The van der Waals surface area contributed by atoms with Gasteiger partial charge in [0, 0.05) is 17.8 Å². The van der Waals surface area contributed by atoms with Gasteiger partial charge in [-0.1, -0.05) is 34.6 Å². The van der Waals surface area contributed by atoms with Gasteiger partial charge in [0.05, 0.1) is 0 Å². The summed E-state index contributed by atoms with van der Waals surface area (Å²) in [4.78, 5) is 23.2. The fourth-order valence-corrected chi connectivity index (χ4v) is 1.79. The van der Waals surface area contributed by atoms with Gasteiger partial charge >= 0.3 is 0 Å². The Hall–Kier alpha value is -0.860. The Morgan fingerprint density at radius 3 is 2.12 bits per heavy atom. The molecule has 0 unspecified atom stereocenters. The predicted octanol–water partition coefficient (Wildman–Crippen LogP) is 2.92. The van der Waals surface area contributed by atoms with Crippen molar-refractivity contribution in [2.24, 2.45) is 23.0 Å². The van der Waals surface area contributed by atoms with E-state index in [0.29, 0.717) is 18.8 Å². The Kier molecular flexibility index (Phi) is 6.43. The maximum Gasteiger partial charge on any atom is 0.220 e. The molecule has 2 N–H and O–H groups in total. The lowest BCUT2D eigenvalue weighted by Gasteiger charge is -2.22. The molecular formula is C14H27NO2. The molecule has 1 amide bonds. The van der Waals surface area contributed by atoms with E-state index in [2.05, 4.69) is 13.8 Å². The fraction of sp³-hybridized carbons (Fsp3) is 0.857. The van der Waals surface area contributed by atoms with Crippen molar-refractivity contribution in [1.29, 1.82) is 0 Å². The number of carbonyl (C=O) groups excluding carboxylic acids is 2. The summed E-state index contributed by atoms with van der Waals surface area (Å²) in [6.07, 6.45) is 2.66. The average Bonchev–Trinajstić information content (AvgIpc) is 2.22. The number of hydrogen-bond donors (Lipinski definition) is 1. The Balaban J connectivity index is 4.32. The summed E-state index contributed by atoms with van der Waals surface area (Å²) in [7, 11) is 0. The minimum atomic E-state index is -0.278. The Bertz CT molecular complexity index is 269. The van der Waals surface area contributed by atoms with Gasteiger partial charge in [-0.3, -0.25) is 9.59 Å². The number of amides is 1. The van der Waals surface area contributed by atoms with Crippen molar-refractivity contribution in [2.45, 2.75) is 60.3 Å². The summed E-state index contributed by atoms with van der Waals surface area (Å²) in [5, 5.41) is 0. The molecule has 0 aromatic carbocycles. The summed E-state index contributed by atoms with van der Waals surface area (Å²) in [5.74, 6) is 0.226. The van der Waals surface area contributed by atoms with Crippen molar-refractivity contribution in [3.05, 3.63) is 0 Å². The molecule has 1 atom stereocenters. The third kappa shape index (κ3) is 5.85. The van der Waals surface area contributed by atoms with Gasteiger partial charge in [0.25, 0.3) is 0 Å². The zero-order valence-electron chi connectivity index (χ0n) is 11.9. The Labute approximate surface area is 105 Å². The van der Waals surface area contributed by atoms with E-state index in [-0.39, 0.29) is 23.0 Å². The van der Waals surface area contributed by atoms with E-state index in [1.165, 1.54) is 0 Å². The van der Waals surface area contributed by atoms with Crippen molar-refractivity contribution in [2.75, 3.05) is 0 Å². The van der Waals surface area contributed by atoms with E-state index >= 15 is 0 Å². The molecule has 0 aromatic heterocycles. The normalized spacial score (nSPS) is 13.8. The lowest BCUT2D eigenvalue weighted by Crippen LogP contribution is -2.28. The van der Waals surface area contributed by atoms with Gasteiger partial charge < -0.3 is 5.73 Å². The Morgan fingerprint density at radius 2 is 1.76 bits per heavy atom. The summed E-state index contributed by atoms with van der Waals surface area (Å²) in [6.45, 7) is 10.0. The summed E-state index contributed by atoms with van der Waals surface area (Å²) < 4.78 is 0. The monoisotopic (exact) mass is 241 g/mol. The number of primary amides is 1. The van der Waals surface area contributed by atoms with Crippen LogP contribution in [0.4, 0.5) is 0 Å². The van der Waals surface area contributed by atoms with Gasteiger partial charge in [-0.2, -0.15) is 0 Å². The van der Waals surface area contributed by atoms with E-state index in [4.69, 9.17) is 5.73 Å². The number of ketones is 1. The molecule has 0 aliphatic heterocycles. The molecular weight excluding hydrogens is 214 g/mol. The second-order valence-corrected chi connectivity index (χ2v) is 5.93. The maximum absolute atomic E-state index is 12.0. The van der Waals surface area contributed by atoms with E-state index in [1.807, 2.05) is 20.8 Å². The van der Waals surface area contributed by atoms with Crippen LogP contribution in [-0.2, 0) is 9.59 Å². The van der Waals surface area contributed by atoms with Crippen molar-refractivity contribution in [3.63, 3.8) is 0 Å². The predicted molar refractivity (Wildman–Crippen MR) is 70.5 cm³/mol. The van der Waals surface area contributed by atoms with Crippen molar-refractivity contribution in [1.82, 2.24) is 0 Å². The number of rotatable bonds is 8. The van der Waals surface area contributed by atoms with Gasteiger partial charge in [-0.05, 0) is 25.2 Å². The molecule has 0 aliphatic rings. The van der Waals surface area contributed by atoms with Crippen LogP contribution < -0.4 is 5.73 Å². The molecule has 0 aliphatic carbocycles. The summed E-state index contributed by atoms with van der Waals surface area (Å²) in [6, 6.07) is 0. The summed E-state index contributed by atoms with van der Waals surface area (Å²) in [5.41, 5.74) is 5.08. The molecule has 0 saturated carbocycles. The van der Waals surface area contributed by atoms with Crippen LogP contribution in [0, 0.1) is 17.3 Å². The molecule has 0 radical (unpaired) electrons. The number of carbonyl (C=O) groups is 2. The first kappa shape index (κ1) is 16.1. The molecule has 3 heteroatoms. The van der Waals surface area contributed by atoms with Crippen molar-refractivity contribution >= 4 is 11.7 Å². The first-order valence-corrected chi connectivity index (χ1v) is 6.53. The quantitative estimate of drug-likeness (QED) is 0.710. The van der Waals surface area contributed by atoms with E-state index < -0.39 is 0 Å². The fourth-order valence-electron chi connectivity index (χ4n) is 1.79. The van der Waals surface area contributed by atoms with Crippen LogP contribution in [0.2, 0.25) is 0 Å². The largest absolute Gasteiger partial charge is 0.369 e. The van der Waals surface area contributed by atoms with Crippen LogP contribution in [-0.4, -0.2) is 11.7 Å². The van der Waals surface area contributed by atoms with Gasteiger partial charge in [-0.15, -0.1) is 0 Å². The Morgan fingerprint density at radius 1 is 1.24 bits per heavy atom. The molecule has 100 valence electrons. The standard InChI is InChI=1S/C14H27NO2/c1-6-14(4,5)12(16)8-7-11(13(15)17)9-10(2)3/h10-11H,6-9H2,1-5H3,(H2,15,17)/t11-/m0/s1. The molecule has 3 nitrogen and oxygen atoms in total. The smallest absolute Gasteiger partial charge is 0.220 e. The second-order valence-electron chi connectivity index (χ2n) is 5.93. The highest BCUT2D eigenvalue weighted by Crippen LogP contribution is 2.25. The van der Waals surface area contributed by atoms with Crippen molar-refractivity contribution in [3.8, 4) is 0 Å². The van der Waals surface area contributed by atoms with Crippen LogP contribution >= 0.6 is 0 Å². The first-order valence-electron chi connectivity index (χ1n) is 6.53. The molecule has 0 fully saturated rings. The van der Waals surface area contributed by atoms with Crippen LogP contribution in [0.15, 0.2) is 0 Å². The highest BCUT2D eigenvalue weighted by molar-refractivity contribution is 5.84. The second kappa shape index (κ2) is 6.77. The zero-order chi connectivity index (χ0) is 13.6. The van der Waals surface area contributed by atoms with Gasteiger partial charge in [0.2, 0.25) is 5.91 Å². The molecule has 0 spiro atoms. The molecule has 0 bridgehead atoms. The number of nitrogens with two attached hydrogens (primary N) is 1. The van der Waals surface area contributed by atoms with Gasteiger partial charge in [0.15, 0.2) is 0 Å². The van der Waals surface area contributed by atoms with Crippen molar-refractivity contribution < 1.29 is 9.59 Å². The lowest BCUT2D eigenvalue weighted by atomic mass is 9.81.